The summed E-state index contributed by atoms with van der Waals surface area (Å²) in [6.07, 6.45) is 0.634. The van der Waals surface area contributed by atoms with Gasteiger partial charge in [0.2, 0.25) is 5.95 Å². The van der Waals surface area contributed by atoms with Crippen molar-refractivity contribution in [1.82, 2.24) is 19.4 Å². The van der Waals surface area contributed by atoms with E-state index >= 15 is 0 Å². The minimum Gasteiger partial charge on any atom is -0.508 e. The van der Waals surface area contributed by atoms with Gasteiger partial charge >= 0.3 is 6.09 Å². The number of amides is 1. The summed E-state index contributed by atoms with van der Waals surface area (Å²) in [4.78, 5) is 20.4. The number of ether oxygens (including phenoxy) is 1. The Balaban J connectivity index is 1.43. The van der Waals surface area contributed by atoms with Gasteiger partial charge < -0.3 is 19.3 Å². The van der Waals surface area contributed by atoms with E-state index in [0.717, 1.165) is 54.4 Å². The minimum absolute atomic E-state index is 0.186. The predicted octanol–water partition coefficient (Wildman–Crippen LogP) is 4.29. The zero-order valence-electron chi connectivity index (χ0n) is 19.2. The van der Waals surface area contributed by atoms with Crippen LogP contribution in [0.4, 0.5) is 9.18 Å². The summed E-state index contributed by atoms with van der Waals surface area (Å²) in [6, 6.07) is 6.66. The third kappa shape index (κ3) is 4.65. The highest BCUT2D eigenvalue weighted by Gasteiger charge is 2.25. The van der Waals surface area contributed by atoms with Gasteiger partial charge in [0, 0.05) is 55.6 Å². The number of halogens is 1. The average Bonchev–Trinajstić information content (AvgIpc) is 3.00. The smallest absolute Gasteiger partial charge is 0.410 e. The van der Waals surface area contributed by atoms with Crippen LogP contribution in [-0.2, 0) is 11.3 Å². The number of fused-ring (bicyclic) bond motifs is 3. The Morgan fingerprint density at radius 1 is 1.12 bits per heavy atom. The van der Waals surface area contributed by atoms with Gasteiger partial charge in [-0.25, -0.2) is 9.78 Å². The minimum atomic E-state index is -0.495. The fourth-order valence-electron chi connectivity index (χ4n) is 4.43. The molecule has 1 aromatic carbocycles. The van der Waals surface area contributed by atoms with Crippen LogP contribution in [0.5, 0.6) is 5.75 Å². The lowest BCUT2D eigenvalue weighted by Gasteiger charge is -2.35. The molecule has 0 spiro atoms. The lowest BCUT2D eigenvalue weighted by molar-refractivity contribution is 0.0144. The molecule has 172 valence electrons. The second-order valence-corrected chi connectivity index (χ2v) is 9.44. The molecule has 3 aromatic rings. The van der Waals surface area contributed by atoms with Gasteiger partial charge in [-0.1, -0.05) is 0 Å². The molecule has 0 atom stereocenters. The van der Waals surface area contributed by atoms with Gasteiger partial charge in [-0.05, 0) is 52.8 Å². The van der Waals surface area contributed by atoms with E-state index in [0.29, 0.717) is 18.8 Å². The van der Waals surface area contributed by atoms with Crippen molar-refractivity contribution >= 4 is 27.9 Å². The van der Waals surface area contributed by atoms with E-state index in [4.69, 9.17) is 4.74 Å². The number of aromatic hydroxyl groups is 1. The van der Waals surface area contributed by atoms with E-state index in [9.17, 15) is 14.3 Å². The van der Waals surface area contributed by atoms with Crippen molar-refractivity contribution in [3.8, 4) is 5.75 Å². The molecular weight excluding hydrogens is 411 g/mol. The molecule has 0 aliphatic carbocycles. The molecule has 4 rings (SSSR count). The van der Waals surface area contributed by atoms with E-state index in [1.54, 1.807) is 17.0 Å². The van der Waals surface area contributed by atoms with Crippen LogP contribution < -0.4 is 0 Å². The first kappa shape index (κ1) is 22.3. The maximum Gasteiger partial charge on any atom is 0.410 e. The topological polar surface area (TPSA) is 70.8 Å². The van der Waals surface area contributed by atoms with Crippen molar-refractivity contribution < 1.29 is 19.0 Å². The molecule has 1 aliphatic rings. The molecule has 32 heavy (non-hydrogen) atoms. The van der Waals surface area contributed by atoms with E-state index < -0.39 is 11.5 Å². The molecule has 0 bridgehead atoms. The number of pyridine rings is 1. The molecule has 8 heteroatoms. The molecular formula is C24H31FN4O3. The maximum absolute atomic E-state index is 14.0. The van der Waals surface area contributed by atoms with Crippen LogP contribution in [0.2, 0.25) is 0 Å². The van der Waals surface area contributed by atoms with E-state index in [2.05, 4.69) is 14.5 Å². The molecule has 0 radical (unpaired) electrons. The third-order valence-corrected chi connectivity index (χ3v) is 5.85. The van der Waals surface area contributed by atoms with Crippen LogP contribution in [0.3, 0.4) is 0 Å². The highest BCUT2D eigenvalue weighted by molar-refractivity contribution is 6.09. The summed E-state index contributed by atoms with van der Waals surface area (Å²) >= 11 is 0. The van der Waals surface area contributed by atoms with Gasteiger partial charge in [0.15, 0.2) is 0 Å². The number of hydrogen-bond donors (Lipinski definition) is 1. The molecule has 1 fully saturated rings. The predicted molar refractivity (Wildman–Crippen MR) is 122 cm³/mol. The summed E-state index contributed by atoms with van der Waals surface area (Å²) in [5.41, 5.74) is 1.94. The number of hydrogen-bond acceptors (Lipinski definition) is 5. The highest BCUT2D eigenvalue weighted by Crippen LogP contribution is 2.33. The number of phenols is 1. The molecule has 1 N–H and O–H groups in total. The molecule has 1 saturated heterocycles. The maximum atomic E-state index is 14.0. The summed E-state index contributed by atoms with van der Waals surface area (Å²) in [6.45, 7) is 12.0. The number of rotatable bonds is 4. The number of nitrogens with zero attached hydrogens (tertiary/aromatic N) is 4. The Kier molecular flexibility index (Phi) is 5.99. The molecule has 7 nitrogen and oxygen atoms in total. The second kappa shape index (κ2) is 8.58. The van der Waals surface area contributed by atoms with E-state index in [1.807, 2.05) is 33.8 Å². The summed E-state index contributed by atoms with van der Waals surface area (Å²) < 4.78 is 21.6. The SMILES string of the molecule is Cc1nc(F)cc2c3ccc(O)cc3n(CCCN3CCN(C(=O)OC(C)(C)C)CC3)c12. The number of benzene rings is 1. The Morgan fingerprint density at radius 3 is 2.53 bits per heavy atom. The standard InChI is InChI=1S/C24H31FN4O3/c1-16-22-19(15-21(25)26-16)18-7-6-17(30)14-20(18)29(22)9-5-8-27-10-12-28(13-11-27)23(31)32-24(2,3)4/h6-7,14-15,30H,5,8-13H2,1-4H3. The Bertz CT molecular complexity index is 1140. The largest absolute Gasteiger partial charge is 0.508 e. The van der Waals surface area contributed by atoms with Crippen molar-refractivity contribution in [3.05, 3.63) is 35.9 Å². The van der Waals surface area contributed by atoms with Crippen LogP contribution in [0, 0.1) is 12.9 Å². The van der Waals surface area contributed by atoms with Crippen molar-refractivity contribution in [2.45, 2.75) is 46.3 Å². The number of piperazine rings is 1. The molecule has 0 saturated carbocycles. The van der Waals surface area contributed by atoms with E-state index in [-0.39, 0.29) is 11.8 Å². The van der Waals surface area contributed by atoms with Gasteiger partial charge in [0.05, 0.1) is 16.7 Å². The van der Waals surface area contributed by atoms with Gasteiger partial charge in [0.25, 0.3) is 0 Å². The first-order chi connectivity index (χ1) is 15.1. The zero-order valence-corrected chi connectivity index (χ0v) is 19.2. The van der Waals surface area contributed by atoms with Crippen LogP contribution in [0.15, 0.2) is 24.3 Å². The van der Waals surface area contributed by atoms with Gasteiger partial charge in [-0.15, -0.1) is 0 Å². The molecule has 1 amide bonds. The lowest BCUT2D eigenvalue weighted by Crippen LogP contribution is -2.50. The van der Waals surface area contributed by atoms with Crippen molar-refractivity contribution in [3.63, 3.8) is 0 Å². The Labute approximate surface area is 187 Å². The van der Waals surface area contributed by atoms with Crippen LogP contribution >= 0.6 is 0 Å². The van der Waals surface area contributed by atoms with Crippen LogP contribution in [0.25, 0.3) is 21.8 Å². The monoisotopic (exact) mass is 442 g/mol. The second-order valence-electron chi connectivity index (χ2n) is 9.44. The Hall–Kier alpha value is -2.87. The first-order valence-corrected chi connectivity index (χ1v) is 11.1. The number of phenolic OH excluding ortho intramolecular Hbond substituents is 1. The Morgan fingerprint density at radius 2 is 1.84 bits per heavy atom. The number of aryl methyl sites for hydroxylation is 2. The number of aromatic nitrogens is 2. The quantitative estimate of drug-likeness (QED) is 0.611. The third-order valence-electron chi connectivity index (χ3n) is 5.85. The highest BCUT2D eigenvalue weighted by atomic mass is 19.1. The van der Waals surface area contributed by atoms with Gasteiger partial charge in [-0.3, -0.25) is 4.90 Å². The number of carbonyl (C=O) groups excluding carboxylic acids is 1. The van der Waals surface area contributed by atoms with E-state index in [1.165, 1.54) is 6.07 Å². The summed E-state index contributed by atoms with van der Waals surface area (Å²) in [5, 5.41) is 11.7. The van der Waals surface area contributed by atoms with Crippen molar-refractivity contribution in [2.24, 2.45) is 0 Å². The number of carbonyl (C=O) groups is 1. The fourth-order valence-corrected chi connectivity index (χ4v) is 4.43. The summed E-state index contributed by atoms with van der Waals surface area (Å²) in [5.74, 6) is -0.309. The first-order valence-electron chi connectivity index (χ1n) is 11.1. The zero-order chi connectivity index (χ0) is 23.0. The summed E-state index contributed by atoms with van der Waals surface area (Å²) in [7, 11) is 0. The fraction of sp³-hybridized carbons (Fsp3) is 0.500. The van der Waals surface area contributed by atoms with Gasteiger partial charge in [-0.2, -0.15) is 4.39 Å². The van der Waals surface area contributed by atoms with Crippen molar-refractivity contribution in [2.75, 3.05) is 32.7 Å². The molecule has 2 aromatic heterocycles. The van der Waals surface area contributed by atoms with Gasteiger partial charge in [0.1, 0.15) is 11.4 Å². The van der Waals surface area contributed by atoms with Crippen LogP contribution in [0.1, 0.15) is 32.9 Å². The normalized spacial score (nSPS) is 15.6. The van der Waals surface area contributed by atoms with Crippen LogP contribution in [-0.4, -0.2) is 68.9 Å². The molecule has 1 aliphatic heterocycles. The molecule has 3 heterocycles. The lowest BCUT2D eigenvalue weighted by atomic mass is 10.1. The average molecular weight is 443 g/mol. The van der Waals surface area contributed by atoms with Crippen molar-refractivity contribution in [1.29, 1.82) is 0 Å². The molecule has 0 unspecified atom stereocenters.